The molecule has 26 heavy (non-hydrogen) atoms. The third-order valence-electron chi connectivity index (χ3n) is 4.45. The maximum absolute atomic E-state index is 12.1. The fourth-order valence-corrected chi connectivity index (χ4v) is 4.64. The third-order valence-corrected chi connectivity index (χ3v) is 6.50. The van der Waals surface area contributed by atoms with Gasteiger partial charge in [-0.15, -0.1) is 23.1 Å². The quantitative estimate of drug-likeness (QED) is 0.706. The summed E-state index contributed by atoms with van der Waals surface area (Å²) in [6.07, 6.45) is 2.52. The summed E-state index contributed by atoms with van der Waals surface area (Å²) in [5.41, 5.74) is 2.18. The molecule has 1 N–H and O–H groups in total. The number of thioether (sulfide) groups is 1. The molecule has 0 bridgehead atoms. The molecule has 1 amide bonds. The van der Waals surface area contributed by atoms with Gasteiger partial charge in [0, 0.05) is 22.7 Å². The predicted molar refractivity (Wildman–Crippen MR) is 112 cm³/mol. The highest BCUT2D eigenvalue weighted by molar-refractivity contribution is 7.99. The lowest BCUT2D eigenvalue weighted by molar-refractivity contribution is -0.113. The minimum atomic E-state index is -0.00951. The summed E-state index contributed by atoms with van der Waals surface area (Å²) in [4.78, 5) is 19.1. The second-order valence-electron chi connectivity index (χ2n) is 6.77. The molecule has 2 aromatic rings. The number of anilines is 1. The Balaban J connectivity index is 1.40. The van der Waals surface area contributed by atoms with E-state index in [2.05, 4.69) is 22.1 Å². The van der Waals surface area contributed by atoms with Crippen LogP contribution in [-0.2, 0) is 17.1 Å². The van der Waals surface area contributed by atoms with Crippen molar-refractivity contribution in [2.24, 2.45) is 5.92 Å². The lowest BCUT2D eigenvalue weighted by Crippen LogP contribution is -2.32. The molecule has 3 rings (SSSR count). The predicted octanol–water partition coefficient (Wildman–Crippen LogP) is 4.90. The molecule has 1 aliphatic rings. The van der Waals surface area contributed by atoms with Crippen LogP contribution in [0.2, 0.25) is 5.02 Å². The van der Waals surface area contributed by atoms with Gasteiger partial charge < -0.3 is 5.32 Å². The van der Waals surface area contributed by atoms with E-state index >= 15 is 0 Å². The Kier molecular flexibility index (Phi) is 7.37. The highest BCUT2D eigenvalue weighted by Crippen LogP contribution is 2.21. The van der Waals surface area contributed by atoms with E-state index in [1.165, 1.54) is 24.2 Å². The number of carbonyl (C=O) groups excluding carboxylic acids is 1. The second kappa shape index (κ2) is 9.74. The molecule has 1 aromatic carbocycles. The molecular weight excluding hydrogens is 386 g/mol. The van der Waals surface area contributed by atoms with Crippen LogP contribution in [-0.4, -0.2) is 34.6 Å². The fourth-order valence-electron chi connectivity index (χ4n) is 2.93. The lowest BCUT2D eigenvalue weighted by Gasteiger charge is -2.29. The van der Waals surface area contributed by atoms with Crippen molar-refractivity contribution in [2.75, 3.05) is 24.2 Å². The van der Waals surface area contributed by atoms with Crippen molar-refractivity contribution in [1.82, 2.24) is 9.88 Å². The minimum Gasteiger partial charge on any atom is -0.301 e. The van der Waals surface area contributed by atoms with Crippen LogP contribution in [0, 0.1) is 5.92 Å². The highest BCUT2D eigenvalue weighted by atomic mass is 35.5. The zero-order valence-electron chi connectivity index (χ0n) is 14.9. The van der Waals surface area contributed by atoms with Gasteiger partial charge in [-0.2, -0.15) is 0 Å². The maximum Gasteiger partial charge on any atom is 0.236 e. The van der Waals surface area contributed by atoms with E-state index in [9.17, 15) is 4.79 Å². The van der Waals surface area contributed by atoms with Crippen LogP contribution < -0.4 is 5.32 Å². The smallest absolute Gasteiger partial charge is 0.236 e. The zero-order valence-corrected chi connectivity index (χ0v) is 17.3. The van der Waals surface area contributed by atoms with Crippen molar-refractivity contribution in [2.45, 2.75) is 32.1 Å². The molecule has 7 heteroatoms. The van der Waals surface area contributed by atoms with Gasteiger partial charge in [-0.3, -0.25) is 9.69 Å². The fraction of sp³-hybridized carbons (Fsp3) is 0.474. The van der Waals surface area contributed by atoms with E-state index in [1.54, 1.807) is 11.8 Å². The number of piperidine rings is 1. The van der Waals surface area contributed by atoms with Gasteiger partial charge in [0.2, 0.25) is 5.91 Å². The summed E-state index contributed by atoms with van der Waals surface area (Å²) in [5.74, 6) is 2.00. The largest absolute Gasteiger partial charge is 0.301 e. The summed E-state index contributed by atoms with van der Waals surface area (Å²) in [5, 5.41) is 6.38. The first kappa shape index (κ1) is 19.7. The number of amides is 1. The number of likely N-dealkylation sites (tertiary alicyclic amines) is 1. The number of thiazole rings is 1. The van der Waals surface area contributed by atoms with E-state index in [0.29, 0.717) is 10.9 Å². The van der Waals surface area contributed by atoms with Gasteiger partial charge in [-0.25, -0.2) is 4.98 Å². The molecule has 0 radical (unpaired) electrons. The Bertz CT molecular complexity index is 729. The van der Waals surface area contributed by atoms with Gasteiger partial charge in [-0.1, -0.05) is 30.7 Å². The van der Waals surface area contributed by atoms with Crippen LogP contribution in [0.15, 0.2) is 29.6 Å². The second-order valence-corrected chi connectivity index (χ2v) is 9.05. The number of nitrogens with zero attached hydrogens (tertiary/aromatic N) is 2. The van der Waals surface area contributed by atoms with Crippen molar-refractivity contribution in [3.05, 3.63) is 45.9 Å². The Morgan fingerprint density at radius 1 is 1.42 bits per heavy atom. The van der Waals surface area contributed by atoms with Crippen LogP contribution in [0.25, 0.3) is 0 Å². The molecule has 0 unspecified atom stereocenters. The number of nitrogens with one attached hydrogen (secondary N) is 1. The molecular formula is C19H24ClN3OS2. The van der Waals surface area contributed by atoms with E-state index in [1.807, 2.05) is 29.6 Å². The molecule has 0 saturated carbocycles. The van der Waals surface area contributed by atoms with Crippen LogP contribution in [0.3, 0.4) is 0 Å². The molecule has 2 heterocycles. The standard InChI is InChI=1S/C19H24ClN3OS2/c1-14-5-7-23(8-6-14)10-17-12-26-19(21-17)22-18(24)13-25-11-15-3-2-4-16(20)9-15/h2-4,9,12,14H,5-8,10-11,13H2,1H3,(H,21,22,24). The molecule has 140 valence electrons. The topological polar surface area (TPSA) is 45.2 Å². The Morgan fingerprint density at radius 3 is 3.00 bits per heavy atom. The number of halogens is 1. The number of benzene rings is 1. The van der Waals surface area contributed by atoms with Crippen LogP contribution in [0.4, 0.5) is 5.13 Å². The zero-order chi connectivity index (χ0) is 18.4. The third kappa shape index (κ3) is 6.27. The number of hydrogen-bond acceptors (Lipinski definition) is 5. The van der Waals surface area contributed by atoms with Crippen molar-refractivity contribution >= 4 is 45.7 Å². The summed E-state index contributed by atoms with van der Waals surface area (Å²) in [6, 6.07) is 7.73. The molecule has 0 aliphatic carbocycles. The Labute approximate surface area is 168 Å². The Hall–Kier alpha value is -1.08. The monoisotopic (exact) mass is 409 g/mol. The average Bonchev–Trinajstić information content (AvgIpc) is 3.04. The van der Waals surface area contributed by atoms with Gasteiger partial charge in [0.05, 0.1) is 11.4 Å². The van der Waals surface area contributed by atoms with Crippen LogP contribution in [0.5, 0.6) is 0 Å². The number of aromatic nitrogens is 1. The first-order valence-corrected chi connectivity index (χ1v) is 11.3. The van der Waals surface area contributed by atoms with Crippen LogP contribution in [0.1, 0.15) is 31.0 Å². The first-order valence-electron chi connectivity index (χ1n) is 8.87. The van der Waals surface area contributed by atoms with Crippen molar-refractivity contribution in [1.29, 1.82) is 0 Å². The molecule has 0 atom stereocenters. The van der Waals surface area contributed by atoms with Gasteiger partial charge in [0.1, 0.15) is 0 Å². The molecule has 1 fully saturated rings. The molecule has 4 nitrogen and oxygen atoms in total. The van der Waals surface area contributed by atoms with Gasteiger partial charge in [0.25, 0.3) is 0 Å². The SMILES string of the molecule is CC1CCN(Cc2csc(NC(=O)CSCc3cccc(Cl)c3)n2)CC1. The van der Waals surface area contributed by atoms with Crippen molar-refractivity contribution in [3.8, 4) is 0 Å². The number of rotatable bonds is 7. The van der Waals surface area contributed by atoms with Crippen molar-refractivity contribution < 1.29 is 4.79 Å². The summed E-state index contributed by atoms with van der Waals surface area (Å²) in [7, 11) is 0. The average molecular weight is 410 g/mol. The van der Waals surface area contributed by atoms with E-state index in [0.717, 1.165) is 47.6 Å². The van der Waals surface area contributed by atoms with Crippen molar-refractivity contribution in [3.63, 3.8) is 0 Å². The number of carbonyl (C=O) groups is 1. The minimum absolute atomic E-state index is 0.00951. The maximum atomic E-state index is 12.1. The van der Waals surface area contributed by atoms with E-state index < -0.39 is 0 Å². The molecule has 1 saturated heterocycles. The summed E-state index contributed by atoms with van der Waals surface area (Å²) in [6.45, 7) is 5.47. The van der Waals surface area contributed by atoms with Gasteiger partial charge in [-0.05, 0) is 49.5 Å². The molecule has 1 aliphatic heterocycles. The number of hydrogen-bond donors (Lipinski definition) is 1. The molecule has 1 aromatic heterocycles. The summed E-state index contributed by atoms with van der Waals surface area (Å²) < 4.78 is 0. The lowest BCUT2D eigenvalue weighted by atomic mass is 9.99. The Morgan fingerprint density at radius 2 is 2.23 bits per heavy atom. The van der Waals surface area contributed by atoms with Gasteiger partial charge >= 0.3 is 0 Å². The molecule has 0 spiro atoms. The normalized spacial score (nSPS) is 15.9. The van der Waals surface area contributed by atoms with E-state index in [4.69, 9.17) is 11.6 Å². The van der Waals surface area contributed by atoms with E-state index in [-0.39, 0.29) is 5.91 Å². The highest BCUT2D eigenvalue weighted by Gasteiger charge is 2.17. The first-order chi connectivity index (χ1) is 12.6. The van der Waals surface area contributed by atoms with Crippen LogP contribution >= 0.6 is 34.7 Å². The van der Waals surface area contributed by atoms with Gasteiger partial charge in [0.15, 0.2) is 5.13 Å². The summed E-state index contributed by atoms with van der Waals surface area (Å²) >= 11 is 9.05.